The molecule has 1 amide bonds. The van der Waals surface area contributed by atoms with E-state index in [1.807, 2.05) is 24.3 Å². The fraction of sp³-hybridized carbons (Fsp3) is 0.0800. The Kier molecular flexibility index (Phi) is 8.86. The molecule has 1 unspecified atom stereocenters. The van der Waals surface area contributed by atoms with Gasteiger partial charge in [-0.3, -0.25) is 9.35 Å². The number of thiazole rings is 1. The molecule has 0 bridgehead atoms. The number of hydrogen-bond acceptors (Lipinski definition) is 9. The Hall–Kier alpha value is -3.73. The number of benzene rings is 3. The number of amides is 1. The van der Waals surface area contributed by atoms with Crippen LogP contribution < -0.4 is 44.4 Å². The van der Waals surface area contributed by atoms with Crippen LogP contribution in [0.1, 0.15) is 20.7 Å². The van der Waals surface area contributed by atoms with E-state index in [1.54, 1.807) is 18.2 Å². The van der Waals surface area contributed by atoms with Crippen molar-refractivity contribution in [3.05, 3.63) is 84.8 Å². The van der Waals surface area contributed by atoms with E-state index in [9.17, 15) is 23.1 Å². The summed E-state index contributed by atoms with van der Waals surface area (Å²) in [7, 11) is -3.14. The van der Waals surface area contributed by atoms with Crippen LogP contribution in [-0.2, 0) is 10.1 Å². The van der Waals surface area contributed by atoms with Crippen LogP contribution in [0.5, 0.6) is 5.75 Å². The van der Waals surface area contributed by atoms with Crippen LogP contribution in [0.15, 0.2) is 66.7 Å². The Morgan fingerprint density at radius 3 is 2.41 bits per heavy atom. The van der Waals surface area contributed by atoms with Crippen molar-refractivity contribution >= 4 is 43.5 Å². The molecule has 0 radical (unpaired) electrons. The number of ether oxygens (including phenoxy) is 1. The minimum Gasteiger partial charge on any atom is -0.494 e. The minimum absolute atomic E-state index is 0. The van der Waals surface area contributed by atoms with Gasteiger partial charge in [0.25, 0.3) is 15.9 Å². The van der Waals surface area contributed by atoms with Crippen LogP contribution in [0, 0.1) is 6.92 Å². The van der Waals surface area contributed by atoms with Gasteiger partial charge >= 0.3 is 40.7 Å². The topological polar surface area (TPSA) is 177 Å². The molecule has 0 aliphatic heterocycles. The first-order chi connectivity index (χ1) is 19.0. The van der Waals surface area contributed by atoms with Gasteiger partial charge in [0.05, 0.1) is 17.4 Å². The molecular weight excluding hydrogens is 583 g/mol. The number of carboxylic acids is 1. The van der Waals surface area contributed by atoms with E-state index in [0.29, 0.717) is 16.4 Å². The van der Waals surface area contributed by atoms with E-state index in [2.05, 4.69) is 27.4 Å². The van der Waals surface area contributed by atoms with E-state index in [-0.39, 0.29) is 52.3 Å². The van der Waals surface area contributed by atoms with Crippen molar-refractivity contribution < 1.29 is 66.8 Å². The number of carboxylic acid groups (broad SMARTS) is 1. The number of tetrazole rings is 1. The number of aromatic nitrogens is 5. The number of rotatable bonds is 8. The Bertz CT molecular complexity index is 1840. The summed E-state index contributed by atoms with van der Waals surface area (Å²) < 4.78 is 37.8. The average molecular weight is 604 g/mol. The molecule has 1 atom stereocenters. The van der Waals surface area contributed by atoms with Gasteiger partial charge in [-0.05, 0) is 69.3 Å². The second-order valence-corrected chi connectivity index (χ2v) is 10.9. The monoisotopic (exact) mass is 603 g/mol. The standard InChI is InChI=1S/C25H20N6O7S2.Na/c1-14(40(35,36)37)26-23(32)16-9-7-15(8-10-16)22-28-30(19-12-11-17(24(33)34)13-20(19)38-2)31(29-22)25-27-18-5-3-4-6-21(18)39-25;/h3-14H,1H2,2H3,(H,26,32)(H,33,34)(H,35,36,37);/q;+1. The molecule has 41 heavy (non-hydrogen) atoms. The smallest absolute Gasteiger partial charge is 0.494 e. The molecule has 0 aliphatic carbocycles. The van der Waals surface area contributed by atoms with E-state index >= 15 is 0 Å². The number of carbonyl (C=O) groups is 2. The Balaban J connectivity index is 0.00000387. The van der Waals surface area contributed by atoms with E-state index in [0.717, 1.165) is 10.2 Å². The summed E-state index contributed by atoms with van der Waals surface area (Å²) in [6, 6.07) is 17.9. The molecule has 2 heterocycles. The number of methoxy groups -OCH3 is 1. The summed E-state index contributed by atoms with van der Waals surface area (Å²) in [4.78, 5) is 31.4. The number of nitrogens with one attached hydrogen (secondary N) is 1. The van der Waals surface area contributed by atoms with E-state index in [1.165, 1.54) is 52.3 Å². The van der Waals surface area contributed by atoms with Gasteiger partial charge in [0, 0.05) is 21.6 Å². The molecule has 2 aromatic heterocycles. The summed E-state index contributed by atoms with van der Waals surface area (Å²) in [5, 5.41) is 19.5. The summed E-state index contributed by atoms with van der Waals surface area (Å²) in [5.41, 5.74) is 1.80. The second-order valence-electron chi connectivity index (χ2n) is 8.31. The maximum absolute atomic E-state index is 12.4. The second kappa shape index (κ2) is 12.0. The maximum Gasteiger partial charge on any atom is 1.00 e. The van der Waals surface area contributed by atoms with Gasteiger partial charge in [-0.1, -0.05) is 28.5 Å². The third-order valence-corrected chi connectivity index (χ3v) is 7.55. The zero-order chi connectivity index (χ0) is 28.6. The fourth-order valence-electron chi connectivity index (χ4n) is 3.68. The number of hydrogen-bond donors (Lipinski definition) is 3. The Morgan fingerprint density at radius 2 is 1.78 bits per heavy atom. The first-order valence-electron chi connectivity index (χ1n) is 11.4. The minimum atomic E-state index is -4.55. The van der Waals surface area contributed by atoms with Gasteiger partial charge in [-0.15, -0.1) is 0 Å². The molecular formula is C25H20N6NaO7S2+. The maximum atomic E-state index is 12.4. The molecule has 0 saturated heterocycles. The number of para-hydroxylation sites is 1. The summed E-state index contributed by atoms with van der Waals surface area (Å²) >= 11 is 1.37. The largest absolute Gasteiger partial charge is 1.00 e. The van der Waals surface area contributed by atoms with Crippen LogP contribution >= 0.6 is 11.3 Å². The van der Waals surface area contributed by atoms with Crippen LogP contribution in [0.4, 0.5) is 0 Å². The zero-order valence-corrected chi connectivity index (χ0v) is 25.3. The van der Waals surface area contributed by atoms with Gasteiger partial charge in [-0.2, -0.15) is 0 Å². The molecule has 0 saturated carbocycles. The molecule has 0 spiro atoms. The molecule has 3 aromatic carbocycles. The van der Waals surface area contributed by atoms with Crippen LogP contribution in [-0.4, -0.2) is 62.4 Å². The molecule has 0 aliphatic rings. The average Bonchev–Trinajstić information content (AvgIpc) is 3.57. The quantitative estimate of drug-likeness (QED) is 0.0890. The van der Waals surface area contributed by atoms with E-state index < -0.39 is 27.4 Å². The predicted molar refractivity (Wildman–Crippen MR) is 143 cm³/mol. The van der Waals surface area contributed by atoms with Crippen LogP contribution in [0.2, 0.25) is 0 Å². The van der Waals surface area contributed by atoms with Crippen molar-refractivity contribution in [1.29, 1.82) is 0 Å². The number of aromatic carboxylic acids is 1. The van der Waals surface area contributed by atoms with Gasteiger partial charge in [0.2, 0.25) is 5.91 Å². The molecule has 5 aromatic rings. The first-order valence-corrected chi connectivity index (χ1v) is 13.7. The van der Waals surface area contributed by atoms with Crippen molar-refractivity contribution in [3.8, 4) is 28.0 Å². The van der Waals surface area contributed by atoms with Crippen molar-refractivity contribution in [1.82, 2.24) is 25.3 Å². The van der Waals surface area contributed by atoms with Crippen molar-refractivity contribution in [2.24, 2.45) is 0 Å². The molecule has 204 valence electrons. The number of nitrogens with zero attached hydrogens (tertiary/aromatic N) is 5. The molecule has 3 N–H and O–H groups in total. The Morgan fingerprint density at radius 1 is 1.10 bits per heavy atom. The van der Waals surface area contributed by atoms with Crippen LogP contribution in [0.3, 0.4) is 0 Å². The van der Waals surface area contributed by atoms with Crippen LogP contribution in [0.25, 0.3) is 32.4 Å². The summed E-state index contributed by atoms with van der Waals surface area (Å²) in [5.74, 6) is -1.40. The molecule has 16 heteroatoms. The third kappa shape index (κ3) is 6.29. The zero-order valence-electron chi connectivity index (χ0n) is 21.6. The van der Waals surface area contributed by atoms with Gasteiger partial charge in [-0.25, -0.2) is 13.2 Å². The molecule has 13 nitrogen and oxygen atoms in total. The van der Waals surface area contributed by atoms with E-state index in [4.69, 9.17) is 9.29 Å². The molecule has 0 fully saturated rings. The summed E-state index contributed by atoms with van der Waals surface area (Å²) in [6.07, 6.45) is 0. The number of carbonyl (C=O) groups excluding carboxylic acids is 1. The third-order valence-electron chi connectivity index (χ3n) is 5.71. The van der Waals surface area contributed by atoms with Crippen molar-refractivity contribution in [2.45, 2.75) is 5.37 Å². The van der Waals surface area contributed by atoms with Gasteiger partial charge < -0.3 is 22.1 Å². The Labute approximate surface area is 259 Å². The normalized spacial score (nSPS) is 12.0. The van der Waals surface area contributed by atoms with Crippen molar-refractivity contribution in [3.63, 3.8) is 0 Å². The van der Waals surface area contributed by atoms with Crippen molar-refractivity contribution in [2.75, 3.05) is 7.11 Å². The number of fused-ring (bicyclic) bond motifs is 1. The fourth-order valence-corrected chi connectivity index (χ4v) is 4.84. The first kappa shape index (κ1) is 30.2. The summed E-state index contributed by atoms with van der Waals surface area (Å²) in [6.45, 7) is 3.21. The SMILES string of the molecule is [CH2-]C(NC(=O)c1ccc(-c2nn(-c3ccc(C(=O)O)cc3OC)[n+](-c3nc4ccccc4s3)n2)cc1)S(=O)(=O)O.[Na+]. The van der Waals surface area contributed by atoms with Gasteiger partial charge in [0.15, 0.2) is 11.2 Å². The van der Waals surface area contributed by atoms with Gasteiger partial charge in [0.1, 0.15) is 5.75 Å². The molecule has 5 rings (SSSR count). The predicted octanol–water partition coefficient (Wildman–Crippen LogP) is -0.691.